The average Bonchev–Trinajstić information content (AvgIpc) is 2.89. The van der Waals surface area contributed by atoms with Crippen LogP contribution in [0.15, 0.2) is 71.6 Å². The maximum absolute atomic E-state index is 14.0. The highest BCUT2D eigenvalue weighted by atomic mass is 35.5. The largest absolute Gasteiger partial charge is 0.352 e. The molecule has 0 saturated heterocycles. The molecule has 7 nitrogen and oxygen atoms in total. The molecule has 0 aliphatic rings. The molecule has 214 valence electrons. The summed E-state index contributed by atoms with van der Waals surface area (Å²) in [5.41, 5.74) is 2.73. The van der Waals surface area contributed by atoms with E-state index < -0.39 is 34.3 Å². The fraction of sp³-hybridized carbons (Fsp3) is 0.333. The molecule has 0 spiro atoms. The van der Waals surface area contributed by atoms with E-state index in [1.165, 1.54) is 53.4 Å². The van der Waals surface area contributed by atoms with Gasteiger partial charge in [0.05, 0.1) is 10.6 Å². The van der Waals surface area contributed by atoms with Crippen LogP contribution < -0.4 is 9.62 Å². The molecule has 1 atom stereocenters. The number of aryl methyl sites for hydroxylation is 2. The zero-order valence-electron chi connectivity index (χ0n) is 23.3. The van der Waals surface area contributed by atoms with E-state index in [2.05, 4.69) is 5.32 Å². The Balaban J connectivity index is 2.08. The molecule has 40 heavy (non-hydrogen) atoms. The summed E-state index contributed by atoms with van der Waals surface area (Å²) in [5.74, 6) is -1.36. The number of sulfonamides is 1. The van der Waals surface area contributed by atoms with Crippen LogP contribution in [0, 0.1) is 19.7 Å². The van der Waals surface area contributed by atoms with E-state index in [1.807, 2.05) is 27.7 Å². The molecule has 0 aliphatic carbocycles. The number of benzene rings is 3. The lowest BCUT2D eigenvalue weighted by atomic mass is 10.1. The van der Waals surface area contributed by atoms with Gasteiger partial charge in [0.25, 0.3) is 10.0 Å². The SMILES string of the molecule is CC[C@H](C(=O)NC(C)C)N(Cc1ccc(F)cc1)C(=O)CN(c1ccc(C)c(C)c1)S(=O)(=O)c1ccc(Cl)cc1. The van der Waals surface area contributed by atoms with Gasteiger partial charge < -0.3 is 10.2 Å². The molecule has 0 bridgehead atoms. The van der Waals surface area contributed by atoms with Gasteiger partial charge in [0, 0.05) is 17.6 Å². The number of rotatable bonds is 11. The van der Waals surface area contributed by atoms with Crippen LogP contribution >= 0.6 is 11.6 Å². The predicted molar refractivity (Wildman–Crippen MR) is 156 cm³/mol. The molecule has 1 N–H and O–H groups in total. The van der Waals surface area contributed by atoms with Crippen molar-refractivity contribution < 1.29 is 22.4 Å². The minimum atomic E-state index is -4.20. The summed E-state index contributed by atoms with van der Waals surface area (Å²) in [6, 6.07) is 15.5. The minimum absolute atomic E-state index is 0.00903. The Kier molecular flexibility index (Phi) is 10.3. The number of carbonyl (C=O) groups excluding carboxylic acids is 2. The predicted octanol–water partition coefficient (Wildman–Crippen LogP) is 5.62. The Morgan fingerprint density at radius 3 is 2.12 bits per heavy atom. The Hall–Kier alpha value is -3.43. The summed E-state index contributed by atoms with van der Waals surface area (Å²) in [5, 5.41) is 3.22. The van der Waals surface area contributed by atoms with Gasteiger partial charge in [-0.2, -0.15) is 0 Å². The second-order valence-corrected chi connectivity index (χ2v) is 12.3. The molecule has 3 aromatic carbocycles. The molecule has 2 amide bonds. The molecule has 0 saturated carbocycles. The molecule has 10 heteroatoms. The van der Waals surface area contributed by atoms with E-state index in [0.717, 1.165) is 15.4 Å². The number of hydrogen-bond acceptors (Lipinski definition) is 4. The fourth-order valence-corrected chi connectivity index (χ4v) is 5.76. The van der Waals surface area contributed by atoms with Crippen LogP contribution in [0.5, 0.6) is 0 Å². The topological polar surface area (TPSA) is 86.8 Å². The van der Waals surface area contributed by atoms with Crippen molar-refractivity contribution in [2.75, 3.05) is 10.8 Å². The van der Waals surface area contributed by atoms with Gasteiger partial charge in [-0.3, -0.25) is 13.9 Å². The first-order valence-electron chi connectivity index (χ1n) is 13.0. The van der Waals surface area contributed by atoms with Crippen molar-refractivity contribution in [3.05, 3.63) is 94.3 Å². The Labute approximate surface area is 241 Å². The number of nitrogens with one attached hydrogen (secondary N) is 1. The van der Waals surface area contributed by atoms with Crippen molar-refractivity contribution in [2.45, 2.75) is 64.6 Å². The smallest absolute Gasteiger partial charge is 0.264 e. The maximum atomic E-state index is 14.0. The van der Waals surface area contributed by atoms with Gasteiger partial charge in [-0.05, 0) is 99.3 Å². The van der Waals surface area contributed by atoms with E-state index in [-0.39, 0.29) is 23.4 Å². The number of halogens is 2. The normalized spacial score (nSPS) is 12.2. The molecular weight excluding hydrogens is 553 g/mol. The van der Waals surface area contributed by atoms with Gasteiger partial charge in [-0.1, -0.05) is 36.7 Å². The van der Waals surface area contributed by atoms with Crippen LogP contribution in [0.25, 0.3) is 0 Å². The first kappa shape index (κ1) is 31.1. The third-order valence-electron chi connectivity index (χ3n) is 6.54. The molecule has 0 fully saturated rings. The summed E-state index contributed by atoms with van der Waals surface area (Å²) in [6.07, 6.45) is 0.291. The van der Waals surface area contributed by atoms with Gasteiger partial charge in [-0.15, -0.1) is 0 Å². The standard InChI is InChI=1S/C30H35ClFN3O4S/c1-6-28(30(37)33-20(2)3)34(18-23-8-12-25(32)13-9-23)29(36)19-35(26-14-7-21(4)22(5)17-26)40(38,39)27-15-10-24(31)11-16-27/h7-17,20,28H,6,18-19H2,1-5H3,(H,33,37)/t28-/m1/s1. The van der Waals surface area contributed by atoms with Crippen molar-refractivity contribution in [1.82, 2.24) is 10.2 Å². The van der Waals surface area contributed by atoms with Crippen molar-refractivity contribution in [1.29, 1.82) is 0 Å². The van der Waals surface area contributed by atoms with Crippen LogP contribution in [-0.2, 0) is 26.2 Å². The zero-order valence-corrected chi connectivity index (χ0v) is 24.9. The van der Waals surface area contributed by atoms with Gasteiger partial charge in [0.15, 0.2) is 0 Å². The minimum Gasteiger partial charge on any atom is -0.352 e. The summed E-state index contributed by atoms with van der Waals surface area (Å²) in [4.78, 5) is 28.5. The summed E-state index contributed by atoms with van der Waals surface area (Å²) >= 11 is 6.00. The lowest BCUT2D eigenvalue weighted by Gasteiger charge is -2.33. The van der Waals surface area contributed by atoms with E-state index in [9.17, 15) is 22.4 Å². The highest BCUT2D eigenvalue weighted by Gasteiger charge is 2.34. The van der Waals surface area contributed by atoms with Gasteiger partial charge in [0.1, 0.15) is 18.4 Å². The molecule has 0 aliphatic heterocycles. The highest BCUT2D eigenvalue weighted by molar-refractivity contribution is 7.92. The van der Waals surface area contributed by atoms with E-state index in [1.54, 1.807) is 25.1 Å². The molecule has 3 rings (SSSR count). The Bertz CT molecular complexity index is 1440. The Morgan fingerprint density at radius 1 is 0.950 bits per heavy atom. The van der Waals surface area contributed by atoms with Crippen LogP contribution in [0.3, 0.4) is 0 Å². The van der Waals surface area contributed by atoms with E-state index >= 15 is 0 Å². The average molecular weight is 588 g/mol. The highest BCUT2D eigenvalue weighted by Crippen LogP contribution is 2.27. The molecule has 3 aromatic rings. The van der Waals surface area contributed by atoms with E-state index in [0.29, 0.717) is 22.7 Å². The third-order valence-corrected chi connectivity index (χ3v) is 8.58. The van der Waals surface area contributed by atoms with Crippen molar-refractivity contribution in [2.24, 2.45) is 0 Å². The van der Waals surface area contributed by atoms with Gasteiger partial charge >= 0.3 is 0 Å². The van der Waals surface area contributed by atoms with Crippen molar-refractivity contribution >= 4 is 39.1 Å². The molecule has 0 radical (unpaired) electrons. The second-order valence-electron chi connectivity index (χ2n) is 9.97. The molecule has 0 heterocycles. The monoisotopic (exact) mass is 587 g/mol. The first-order valence-corrected chi connectivity index (χ1v) is 14.8. The second kappa shape index (κ2) is 13.3. The number of amides is 2. The number of hydrogen-bond donors (Lipinski definition) is 1. The fourth-order valence-electron chi connectivity index (χ4n) is 4.23. The quantitative estimate of drug-likeness (QED) is 0.315. The first-order chi connectivity index (χ1) is 18.8. The molecular formula is C30H35ClFN3O4S. The van der Waals surface area contributed by atoms with E-state index in [4.69, 9.17) is 11.6 Å². The number of nitrogens with zero attached hydrogens (tertiary/aromatic N) is 2. The summed E-state index contributed by atoms with van der Waals surface area (Å²) in [7, 11) is -4.20. The Morgan fingerprint density at radius 2 is 1.57 bits per heavy atom. The summed E-state index contributed by atoms with van der Waals surface area (Å²) < 4.78 is 42.5. The van der Waals surface area contributed by atoms with Gasteiger partial charge in [0.2, 0.25) is 11.8 Å². The maximum Gasteiger partial charge on any atom is 0.264 e. The molecule has 0 unspecified atom stereocenters. The van der Waals surface area contributed by atoms with Crippen LogP contribution in [0.4, 0.5) is 10.1 Å². The number of carbonyl (C=O) groups is 2. The summed E-state index contributed by atoms with van der Waals surface area (Å²) in [6.45, 7) is 8.61. The third kappa shape index (κ3) is 7.61. The molecule has 0 aromatic heterocycles. The lowest BCUT2D eigenvalue weighted by molar-refractivity contribution is -0.140. The van der Waals surface area contributed by atoms with Gasteiger partial charge in [-0.25, -0.2) is 12.8 Å². The van der Waals surface area contributed by atoms with Crippen LogP contribution in [0.2, 0.25) is 5.02 Å². The number of anilines is 1. The van der Waals surface area contributed by atoms with Crippen LogP contribution in [-0.4, -0.2) is 43.8 Å². The van der Waals surface area contributed by atoms with Crippen molar-refractivity contribution in [3.8, 4) is 0 Å². The van der Waals surface area contributed by atoms with Crippen molar-refractivity contribution in [3.63, 3.8) is 0 Å². The zero-order chi connectivity index (χ0) is 29.6. The lowest BCUT2D eigenvalue weighted by Crippen LogP contribution is -2.53. The van der Waals surface area contributed by atoms with Crippen LogP contribution in [0.1, 0.15) is 43.9 Å².